The van der Waals surface area contributed by atoms with E-state index in [1.165, 1.54) is 148 Å². The van der Waals surface area contributed by atoms with E-state index in [1.807, 2.05) is 6.08 Å². The molecule has 0 saturated heterocycles. The molecule has 0 bridgehead atoms. The van der Waals surface area contributed by atoms with Gasteiger partial charge in [0.15, 0.2) is 0 Å². The summed E-state index contributed by atoms with van der Waals surface area (Å²) in [5, 5.41) is 13.7. The predicted molar refractivity (Wildman–Crippen MR) is 231 cm³/mol. The highest BCUT2D eigenvalue weighted by atomic mass is 31.2. The van der Waals surface area contributed by atoms with Gasteiger partial charge in [-0.25, -0.2) is 4.57 Å². The summed E-state index contributed by atoms with van der Waals surface area (Å²) in [7, 11) is -4.35. The van der Waals surface area contributed by atoms with Crippen LogP contribution in [-0.2, 0) is 18.4 Å². The molecular formula is C45H87N2O6P. The lowest BCUT2D eigenvalue weighted by Gasteiger charge is -2.23. The topological polar surface area (TPSA) is 131 Å². The van der Waals surface area contributed by atoms with Crippen LogP contribution in [0.1, 0.15) is 213 Å². The van der Waals surface area contributed by atoms with Crippen molar-refractivity contribution in [3.8, 4) is 0 Å². The maximum Gasteiger partial charge on any atom is 0.472 e. The molecule has 0 aliphatic rings. The molecular weight excluding hydrogens is 695 g/mol. The van der Waals surface area contributed by atoms with Crippen LogP contribution in [0.3, 0.4) is 0 Å². The molecule has 0 saturated carbocycles. The molecule has 3 atom stereocenters. The zero-order valence-electron chi connectivity index (χ0n) is 35.2. The molecule has 0 aromatic rings. The minimum absolute atomic E-state index is 0.0727. The maximum atomic E-state index is 12.8. The summed E-state index contributed by atoms with van der Waals surface area (Å²) in [5.74, 6) is -0.206. The van der Waals surface area contributed by atoms with Crippen LogP contribution >= 0.6 is 7.82 Å². The van der Waals surface area contributed by atoms with E-state index in [1.54, 1.807) is 6.08 Å². The molecule has 0 rings (SSSR count). The van der Waals surface area contributed by atoms with E-state index in [9.17, 15) is 19.4 Å². The fourth-order valence-corrected chi connectivity index (χ4v) is 7.28. The van der Waals surface area contributed by atoms with Crippen LogP contribution in [0, 0.1) is 0 Å². The lowest BCUT2D eigenvalue weighted by atomic mass is 10.0. The first-order chi connectivity index (χ1) is 26.4. The molecule has 0 fully saturated rings. The molecule has 0 heterocycles. The first-order valence-corrected chi connectivity index (χ1v) is 24.1. The Morgan fingerprint density at radius 3 is 1.43 bits per heavy atom. The second kappa shape index (κ2) is 41.4. The van der Waals surface area contributed by atoms with E-state index >= 15 is 0 Å². The fraction of sp³-hybridized carbons (Fsp3) is 0.844. The number of hydrogen-bond donors (Lipinski definition) is 4. The van der Waals surface area contributed by atoms with E-state index in [-0.39, 0.29) is 25.7 Å². The van der Waals surface area contributed by atoms with Crippen LogP contribution in [-0.4, -0.2) is 47.8 Å². The highest BCUT2D eigenvalue weighted by Crippen LogP contribution is 2.43. The summed E-state index contributed by atoms with van der Waals surface area (Å²) in [6, 6.07) is -0.880. The number of unbranched alkanes of at least 4 members (excludes halogenated alkanes) is 26. The number of phosphoric ester groups is 1. The molecule has 318 valence electrons. The zero-order chi connectivity index (χ0) is 39.6. The van der Waals surface area contributed by atoms with Crippen molar-refractivity contribution in [3.05, 3.63) is 36.5 Å². The van der Waals surface area contributed by atoms with Crippen LogP contribution < -0.4 is 11.1 Å². The van der Waals surface area contributed by atoms with E-state index in [0.29, 0.717) is 6.42 Å². The van der Waals surface area contributed by atoms with Gasteiger partial charge >= 0.3 is 7.82 Å². The summed E-state index contributed by atoms with van der Waals surface area (Å²) in [4.78, 5) is 22.7. The first kappa shape index (κ1) is 52.7. The molecule has 0 spiro atoms. The van der Waals surface area contributed by atoms with Crippen molar-refractivity contribution in [1.82, 2.24) is 5.32 Å². The van der Waals surface area contributed by atoms with Gasteiger partial charge in [0, 0.05) is 13.0 Å². The smallest absolute Gasteiger partial charge is 0.387 e. The number of hydrogen-bond acceptors (Lipinski definition) is 6. The number of phosphoric acid groups is 1. The van der Waals surface area contributed by atoms with Gasteiger partial charge in [-0.3, -0.25) is 13.8 Å². The van der Waals surface area contributed by atoms with E-state index in [2.05, 4.69) is 43.5 Å². The third-order valence-electron chi connectivity index (χ3n) is 9.95. The average Bonchev–Trinajstić information content (AvgIpc) is 3.16. The molecule has 0 aromatic carbocycles. The number of carbonyl (C=O) groups excluding carboxylic acids is 1. The lowest BCUT2D eigenvalue weighted by Crippen LogP contribution is -2.45. The van der Waals surface area contributed by atoms with Gasteiger partial charge in [0.05, 0.1) is 25.4 Å². The van der Waals surface area contributed by atoms with Gasteiger partial charge in [-0.1, -0.05) is 198 Å². The van der Waals surface area contributed by atoms with E-state index < -0.39 is 20.0 Å². The Balaban J connectivity index is 4.26. The minimum atomic E-state index is -4.35. The fourth-order valence-electron chi connectivity index (χ4n) is 6.52. The van der Waals surface area contributed by atoms with Gasteiger partial charge < -0.3 is 21.1 Å². The van der Waals surface area contributed by atoms with Crippen molar-refractivity contribution in [1.29, 1.82) is 0 Å². The Morgan fingerprint density at radius 1 is 0.593 bits per heavy atom. The predicted octanol–water partition coefficient (Wildman–Crippen LogP) is 12.7. The molecule has 54 heavy (non-hydrogen) atoms. The summed E-state index contributed by atoms with van der Waals surface area (Å²) in [6.45, 7) is 4.12. The second-order valence-electron chi connectivity index (χ2n) is 15.2. The van der Waals surface area contributed by atoms with Crippen molar-refractivity contribution >= 4 is 13.7 Å². The third-order valence-corrected chi connectivity index (χ3v) is 10.9. The van der Waals surface area contributed by atoms with Gasteiger partial charge in [-0.2, -0.15) is 0 Å². The Labute approximate surface area is 333 Å². The number of nitrogens with two attached hydrogens (primary N) is 1. The maximum absolute atomic E-state index is 12.8. The first-order valence-electron chi connectivity index (χ1n) is 22.6. The number of aliphatic hydroxyl groups is 1. The summed E-state index contributed by atoms with van der Waals surface area (Å²) in [6.07, 6.45) is 49.1. The standard InChI is InChI=1S/C45H87N2O6P/c1-3-5-7-9-11-13-15-17-19-21-22-23-24-26-28-30-32-34-36-38-44(48)43(42-53-54(50,51)52-41-40-46)47-45(49)39-37-35-33-31-29-27-25-20-18-16-14-12-10-8-6-4-2/h22-23,28,30,36,38,43-44,48H,3-21,24-27,29,31-35,37,39-42,46H2,1-2H3,(H,47,49)(H,50,51)/b23-22+,30-28+,38-36+. The van der Waals surface area contributed by atoms with Gasteiger partial charge in [-0.05, 0) is 44.9 Å². The van der Waals surface area contributed by atoms with Crippen molar-refractivity contribution < 1.29 is 28.4 Å². The molecule has 0 radical (unpaired) electrons. The average molecular weight is 783 g/mol. The Bertz CT molecular complexity index is 943. The summed E-state index contributed by atoms with van der Waals surface area (Å²) in [5.41, 5.74) is 5.37. The minimum Gasteiger partial charge on any atom is -0.387 e. The molecule has 0 aliphatic carbocycles. The number of amides is 1. The molecule has 1 amide bonds. The summed E-state index contributed by atoms with van der Waals surface area (Å²) < 4.78 is 22.1. The van der Waals surface area contributed by atoms with Crippen LogP contribution in [0.25, 0.3) is 0 Å². The molecule has 3 unspecified atom stereocenters. The molecule has 0 aliphatic heterocycles. The number of aliphatic hydroxyl groups excluding tert-OH is 1. The summed E-state index contributed by atoms with van der Waals surface area (Å²) >= 11 is 0. The van der Waals surface area contributed by atoms with Gasteiger partial charge in [0.25, 0.3) is 0 Å². The Hall–Kier alpha value is -1.28. The van der Waals surface area contributed by atoms with E-state index in [0.717, 1.165) is 44.9 Å². The largest absolute Gasteiger partial charge is 0.472 e. The molecule has 9 heteroatoms. The third kappa shape index (κ3) is 39.0. The number of rotatable bonds is 42. The van der Waals surface area contributed by atoms with Gasteiger partial charge in [-0.15, -0.1) is 0 Å². The quantitative estimate of drug-likeness (QED) is 0.0275. The van der Waals surface area contributed by atoms with Gasteiger partial charge in [0.2, 0.25) is 5.91 Å². The highest BCUT2D eigenvalue weighted by Gasteiger charge is 2.26. The monoisotopic (exact) mass is 783 g/mol. The van der Waals surface area contributed by atoms with Crippen molar-refractivity contribution in [2.45, 2.75) is 225 Å². The van der Waals surface area contributed by atoms with Crippen molar-refractivity contribution in [2.24, 2.45) is 5.73 Å². The van der Waals surface area contributed by atoms with Gasteiger partial charge in [0.1, 0.15) is 0 Å². The van der Waals surface area contributed by atoms with Crippen LogP contribution in [0.5, 0.6) is 0 Å². The lowest BCUT2D eigenvalue weighted by molar-refractivity contribution is -0.123. The van der Waals surface area contributed by atoms with Crippen molar-refractivity contribution in [3.63, 3.8) is 0 Å². The van der Waals surface area contributed by atoms with Crippen LogP contribution in [0.4, 0.5) is 0 Å². The number of carbonyl (C=O) groups is 1. The normalized spacial score (nSPS) is 14.4. The SMILES string of the molecule is CCCCCCCCCCC/C=C/CC/C=C/CC/C=C/C(O)C(COP(=O)(O)OCCN)NC(=O)CCCCCCCCCCCCCCCCCC. The van der Waals surface area contributed by atoms with Crippen molar-refractivity contribution in [2.75, 3.05) is 19.8 Å². The van der Waals surface area contributed by atoms with E-state index in [4.69, 9.17) is 14.8 Å². The highest BCUT2D eigenvalue weighted by molar-refractivity contribution is 7.47. The molecule has 0 aromatic heterocycles. The molecule has 5 N–H and O–H groups in total. The Morgan fingerprint density at radius 2 is 0.981 bits per heavy atom. The number of allylic oxidation sites excluding steroid dienone is 5. The van der Waals surface area contributed by atoms with Crippen LogP contribution in [0.2, 0.25) is 0 Å². The second-order valence-corrected chi connectivity index (χ2v) is 16.7. The zero-order valence-corrected chi connectivity index (χ0v) is 36.1. The van der Waals surface area contributed by atoms with Crippen LogP contribution in [0.15, 0.2) is 36.5 Å². The molecule has 8 nitrogen and oxygen atoms in total. The number of nitrogens with one attached hydrogen (secondary N) is 1. The Kier molecular flexibility index (Phi) is 40.4.